The third kappa shape index (κ3) is 3.54. The van der Waals surface area contributed by atoms with Gasteiger partial charge in [0, 0.05) is 15.9 Å². The fraction of sp³-hybridized carbons (Fsp3) is 0.333. The maximum atomic E-state index is 5.83. The van der Waals surface area contributed by atoms with Crippen molar-refractivity contribution >= 4 is 33.6 Å². The first-order valence-electron chi connectivity index (χ1n) is 4.80. The van der Waals surface area contributed by atoms with Crippen LogP contribution in [0.2, 0.25) is 0 Å². The third-order valence-corrected chi connectivity index (χ3v) is 3.01. The number of benzene rings is 1. The predicted molar refractivity (Wildman–Crippen MR) is 69.7 cm³/mol. The molecule has 0 saturated heterocycles. The van der Waals surface area contributed by atoms with E-state index in [1.54, 1.807) is 7.11 Å². The first-order chi connectivity index (χ1) is 7.21. The minimum Gasteiger partial charge on any atom is -0.496 e. The summed E-state index contributed by atoms with van der Waals surface area (Å²) in [6.07, 6.45) is 3.04. The van der Waals surface area contributed by atoms with Gasteiger partial charge in [0.25, 0.3) is 0 Å². The summed E-state index contributed by atoms with van der Waals surface area (Å²) < 4.78 is 6.32. The number of rotatable bonds is 4. The molecule has 0 saturated carbocycles. The van der Waals surface area contributed by atoms with E-state index in [1.165, 1.54) is 5.57 Å². The lowest BCUT2D eigenvalue weighted by Crippen LogP contribution is -1.89. The molecule has 0 radical (unpaired) electrons. The number of allylic oxidation sites excluding steroid dienone is 1. The first-order valence-corrected chi connectivity index (χ1v) is 6.13. The molecule has 0 atom stereocenters. The van der Waals surface area contributed by atoms with E-state index in [9.17, 15) is 0 Å². The molecule has 0 bridgehead atoms. The summed E-state index contributed by atoms with van der Waals surface area (Å²) >= 11 is 9.27. The number of hydrogen-bond acceptors (Lipinski definition) is 1. The van der Waals surface area contributed by atoms with Gasteiger partial charge in [-0.1, -0.05) is 34.5 Å². The highest BCUT2D eigenvalue weighted by Crippen LogP contribution is 2.25. The van der Waals surface area contributed by atoms with Crippen molar-refractivity contribution in [3.05, 3.63) is 33.8 Å². The summed E-state index contributed by atoms with van der Waals surface area (Å²) in [6.45, 7) is 2.10. The van der Waals surface area contributed by atoms with Gasteiger partial charge in [0.2, 0.25) is 0 Å². The molecule has 0 amide bonds. The number of ether oxygens (including phenoxy) is 1. The highest BCUT2D eigenvalue weighted by molar-refractivity contribution is 9.10. The molecular weight excluding hydrogens is 275 g/mol. The van der Waals surface area contributed by atoms with Crippen molar-refractivity contribution in [2.45, 2.75) is 13.3 Å². The van der Waals surface area contributed by atoms with E-state index in [1.807, 2.05) is 18.2 Å². The topological polar surface area (TPSA) is 9.23 Å². The molecule has 0 aromatic heterocycles. The smallest absolute Gasteiger partial charge is 0.126 e. The van der Waals surface area contributed by atoms with Crippen LogP contribution in [0.3, 0.4) is 0 Å². The van der Waals surface area contributed by atoms with Gasteiger partial charge in [0.05, 0.1) is 7.11 Å². The monoisotopic (exact) mass is 288 g/mol. The van der Waals surface area contributed by atoms with Crippen molar-refractivity contribution in [2.75, 3.05) is 13.0 Å². The molecule has 1 aromatic carbocycles. The normalized spacial score (nSPS) is 11.6. The van der Waals surface area contributed by atoms with Crippen molar-refractivity contribution in [1.29, 1.82) is 0 Å². The van der Waals surface area contributed by atoms with Gasteiger partial charge in [-0.15, -0.1) is 11.6 Å². The molecule has 3 heteroatoms. The average Bonchev–Trinajstić information content (AvgIpc) is 2.26. The molecule has 0 aliphatic heterocycles. The quantitative estimate of drug-likeness (QED) is 0.742. The standard InChI is InChI=1S/C12H14BrClO/c1-3-9(8-14)6-10-7-11(13)4-5-12(10)15-2/h4-7H,3,8H2,1-2H3. The predicted octanol–water partition coefficient (Wildman–Crippen LogP) is 4.49. The number of methoxy groups -OCH3 is 1. The lowest BCUT2D eigenvalue weighted by atomic mass is 10.1. The third-order valence-electron chi connectivity index (χ3n) is 2.18. The van der Waals surface area contributed by atoms with Crippen LogP contribution in [-0.4, -0.2) is 13.0 Å². The second-order valence-corrected chi connectivity index (χ2v) is 4.36. The van der Waals surface area contributed by atoms with Gasteiger partial charge in [-0.3, -0.25) is 0 Å². The minimum atomic E-state index is 0.562. The molecule has 82 valence electrons. The summed E-state index contributed by atoms with van der Waals surface area (Å²) in [5, 5.41) is 0. The SMILES string of the molecule is CCC(=Cc1cc(Br)ccc1OC)CCl. The molecule has 15 heavy (non-hydrogen) atoms. The van der Waals surface area contributed by atoms with E-state index < -0.39 is 0 Å². The second-order valence-electron chi connectivity index (χ2n) is 3.18. The number of alkyl halides is 1. The maximum absolute atomic E-state index is 5.83. The molecule has 0 unspecified atom stereocenters. The molecule has 0 aliphatic carbocycles. The van der Waals surface area contributed by atoms with Gasteiger partial charge >= 0.3 is 0 Å². The second kappa shape index (κ2) is 6.19. The summed E-state index contributed by atoms with van der Waals surface area (Å²) in [6, 6.07) is 5.93. The molecule has 0 heterocycles. The fourth-order valence-corrected chi connectivity index (χ4v) is 1.92. The van der Waals surface area contributed by atoms with E-state index in [2.05, 4.69) is 28.9 Å². The Labute approximate surface area is 104 Å². The first kappa shape index (κ1) is 12.6. The Morgan fingerprint density at radius 2 is 2.27 bits per heavy atom. The number of hydrogen-bond donors (Lipinski definition) is 0. The minimum absolute atomic E-state index is 0.562. The van der Waals surface area contributed by atoms with E-state index in [4.69, 9.17) is 16.3 Å². The molecule has 1 aromatic rings. The van der Waals surface area contributed by atoms with Crippen LogP contribution in [0.5, 0.6) is 5.75 Å². The Bertz CT molecular complexity index is 355. The molecule has 0 N–H and O–H groups in total. The Morgan fingerprint density at radius 1 is 1.53 bits per heavy atom. The Hall–Kier alpha value is -0.470. The molecule has 0 spiro atoms. The van der Waals surface area contributed by atoms with Crippen LogP contribution in [-0.2, 0) is 0 Å². The van der Waals surface area contributed by atoms with Crippen LogP contribution in [0.1, 0.15) is 18.9 Å². The van der Waals surface area contributed by atoms with Crippen LogP contribution < -0.4 is 4.74 Å². The zero-order valence-corrected chi connectivity index (χ0v) is 11.2. The Balaban J connectivity index is 3.11. The van der Waals surface area contributed by atoms with Crippen LogP contribution >= 0.6 is 27.5 Å². The Kier molecular flexibility index (Phi) is 5.20. The van der Waals surface area contributed by atoms with E-state index in [-0.39, 0.29) is 0 Å². The summed E-state index contributed by atoms with van der Waals surface area (Å²) in [7, 11) is 1.67. The summed E-state index contributed by atoms with van der Waals surface area (Å²) in [4.78, 5) is 0. The van der Waals surface area contributed by atoms with Crippen molar-refractivity contribution in [2.24, 2.45) is 0 Å². The van der Waals surface area contributed by atoms with Gasteiger partial charge < -0.3 is 4.74 Å². The van der Waals surface area contributed by atoms with Gasteiger partial charge in [0.1, 0.15) is 5.75 Å². The van der Waals surface area contributed by atoms with Gasteiger partial charge in [0.15, 0.2) is 0 Å². The van der Waals surface area contributed by atoms with Crippen molar-refractivity contribution in [3.8, 4) is 5.75 Å². The van der Waals surface area contributed by atoms with E-state index in [0.29, 0.717) is 5.88 Å². The fourth-order valence-electron chi connectivity index (χ4n) is 1.27. The zero-order chi connectivity index (χ0) is 11.3. The highest BCUT2D eigenvalue weighted by Gasteiger charge is 2.02. The van der Waals surface area contributed by atoms with E-state index in [0.717, 1.165) is 22.2 Å². The molecule has 1 nitrogen and oxygen atoms in total. The lowest BCUT2D eigenvalue weighted by molar-refractivity contribution is 0.413. The highest BCUT2D eigenvalue weighted by atomic mass is 79.9. The largest absolute Gasteiger partial charge is 0.496 e. The van der Waals surface area contributed by atoms with Gasteiger partial charge in [-0.2, -0.15) is 0 Å². The summed E-state index contributed by atoms with van der Waals surface area (Å²) in [5.41, 5.74) is 2.26. The molecular formula is C12H14BrClO. The molecule has 0 fully saturated rings. The van der Waals surface area contributed by atoms with Crippen LogP contribution in [0.25, 0.3) is 6.08 Å². The zero-order valence-electron chi connectivity index (χ0n) is 8.89. The van der Waals surface area contributed by atoms with Crippen molar-refractivity contribution in [1.82, 2.24) is 0 Å². The average molecular weight is 290 g/mol. The van der Waals surface area contributed by atoms with Crippen LogP contribution in [0, 0.1) is 0 Å². The molecule has 0 aliphatic rings. The van der Waals surface area contributed by atoms with E-state index >= 15 is 0 Å². The Morgan fingerprint density at radius 3 is 2.80 bits per heavy atom. The van der Waals surface area contributed by atoms with Gasteiger partial charge in [-0.05, 0) is 24.6 Å². The van der Waals surface area contributed by atoms with Crippen LogP contribution in [0.15, 0.2) is 28.2 Å². The van der Waals surface area contributed by atoms with Crippen LogP contribution in [0.4, 0.5) is 0 Å². The van der Waals surface area contributed by atoms with Crippen molar-refractivity contribution < 1.29 is 4.74 Å². The van der Waals surface area contributed by atoms with Crippen molar-refractivity contribution in [3.63, 3.8) is 0 Å². The maximum Gasteiger partial charge on any atom is 0.126 e. The molecule has 1 rings (SSSR count). The summed E-state index contributed by atoms with van der Waals surface area (Å²) in [5.74, 6) is 1.43. The number of halogens is 2. The lowest BCUT2D eigenvalue weighted by Gasteiger charge is -2.07. The van der Waals surface area contributed by atoms with Gasteiger partial charge in [-0.25, -0.2) is 0 Å².